The first-order valence-electron chi connectivity index (χ1n) is 8.44. The third-order valence-electron chi connectivity index (χ3n) is 4.79. The van der Waals surface area contributed by atoms with Crippen LogP contribution in [0.2, 0.25) is 0 Å². The van der Waals surface area contributed by atoms with E-state index in [1.165, 1.54) is 25.0 Å². The van der Waals surface area contributed by atoms with E-state index in [4.69, 9.17) is 4.98 Å². The van der Waals surface area contributed by atoms with Gasteiger partial charge in [0.25, 0.3) is 0 Å². The fraction of sp³-hybridized carbons (Fsp3) is 0.706. The average molecular weight is 288 g/mol. The monoisotopic (exact) mass is 288 g/mol. The highest BCUT2D eigenvalue weighted by atomic mass is 15.3. The summed E-state index contributed by atoms with van der Waals surface area (Å²) >= 11 is 0. The van der Waals surface area contributed by atoms with E-state index in [2.05, 4.69) is 47.2 Å². The van der Waals surface area contributed by atoms with Gasteiger partial charge in [-0.3, -0.25) is 4.90 Å². The van der Waals surface area contributed by atoms with Crippen molar-refractivity contribution >= 4 is 5.82 Å². The van der Waals surface area contributed by atoms with Crippen LogP contribution < -0.4 is 10.2 Å². The molecule has 1 aliphatic carbocycles. The van der Waals surface area contributed by atoms with Crippen LogP contribution in [0.15, 0.2) is 18.2 Å². The van der Waals surface area contributed by atoms with Gasteiger partial charge in [0.2, 0.25) is 0 Å². The lowest BCUT2D eigenvalue weighted by atomic mass is 10.2. The molecular weight excluding hydrogens is 260 g/mol. The van der Waals surface area contributed by atoms with Crippen molar-refractivity contribution in [1.29, 1.82) is 0 Å². The second kappa shape index (κ2) is 6.75. The van der Waals surface area contributed by atoms with E-state index in [9.17, 15) is 0 Å². The zero-order valence-corrected chi connectivity index (χ0v) is 13.4. The predicted molar refractivity (Wildman–Crippen MR) is 87.6 cm³/mol. The van der Waals surface area contributed by atoms with E-state index < -0.39 is 0 Å². The molecule has 1 aliphatic heterocycles. The highest BCUT2D eigenvalue weighted by Gasteiger charge is 2.22. The number of piperazine rings is 1. The Morgan fingerprint density at radius 3 is 2.67 bits per heavy atom. The molecule has 1 N–H and O–H groups in total. The largest absolute Gasteiger partial charge is 0.354 e. The summed E-state index contributed by atoms with van der Waals surface area (Å²) in [5.41, 5.74) is 1.17. The molecular formula is C17H28N4. The standard InChI is InChI=1S/C17H28N4/c1-3-14(2)20-9-11-21(12-10-20)17-6-4-5-16(19-17)13-18-15-7-8-15/h4-6,14-15,18H,3,7-13H2,1-2H3. The van der Waals surface area contributed by atoms with Crippen molar-refractivity contribution in [2.24, 2.45) is 0 Å². The van der Waals surface area contributed by atoms with Gasteiger partial charge in [0, 0.05) is 44.8 Å². The lowest BCUT2D eigenvalue weighted by Crippen LogP contribution is -2.49. The summed E-state index contributed by atoms with van der Waals surface area (Å²) in [7, 11) is 0. The summed E-state index contributed by atoms with van der Waals surface area (Å²) in [6, 6.07) is 7.88. The maximum Gasteiger partial charge on any atom is 0.128 e. The van der Waals surface area contributed by atoms with Gasteiger partial charge in [0.05, 0.1) is 5.69 Å². The molecule has 2 aliphatic rings. The Hall–Kier alpha value is -1.13. The minimum atomic E-state index is 0.703. The van der Waals surface area contributed by atoms with Crippen LogP contribution in [-0.4, -0.2) is 48.1 Å². The maximum absolute atomic E-state index is 4.83. The lowest BCUT2D eigenvalue weighted by molar-refractivity contribution is 0.192. The lowest BCUT2D eigenvalue weighted by Gasteiger charge is -2.38. The van der Waals surface area contributed by atoms with Crippen molar-refractivity contribution in [2.45, 2.75) is 51.7 Å². The SMILES string of the molecule is CCC(C)N1CCN(c2cccc(CNC3CC3)n2)CC1. The zero-order chi connectivity index (χ0) is 14.7. The normalized spacial score (nSPS) is 21.5. The van der Waals surface area contributed by atoms with Crippen LogP contribution in [0.25, 0.3) is 0 Å². The second-order valence-electron chi connectivity index (χ2n) is 6.42. The molecule has 0 aromatic carbocycles. The van der Waals surface area contributed by atoms with Crippen LogP contribution in [0.4, 0.5) is 5.82 Å². The number of aromatic nitrogens is 1. The van der Waals surface area contributed by atoms with Gasteiger partial charge < -0.3 is 10.2 Å². The molecule has 1 aromatic rings. The third kappa shape index (κ3) is 3.95. The molecule has 4 nitrogen and oxygen atoms in total. The van der Waals surface area contributed by atoms with Crippen LogP contribution in [0.3, 0.4) is 0 Å². The third-order valence-corrected chi connectivity index (χ3v) is 4.79. The average Bonchev–Trinajstić information content (AvgIpc) is 3.37. The summed E-state index contributed by atoms with van der Waals surface area (Å²) in [5, 5.41) is 3.54. The van der Waals surface area contributed by atoms with Crippen LogP contribution >= 0.6 is 0 Å². The molecule has 1 saturated heterocycles. The fourth-order valence-electron chi connectivity index (χ4n) is 2.93. The van der Waals surface area contributed by atoms with Gasteiger partial charge in [0.15, 0.2) is 0 Å². The smallest absolute Gasteiger partial charge is 0.128 e. The van der Waals surface area contributed by atoms with Crippen molar-refractivity contribution in [3.05, 3.63) is 23.9 Å². The Bertz CT molecular complexity index is 450. The van der Waals surface area contributed by atoms with Crippen LogP contribution in [0, 0.1) is 0 Å². The Balaban J connectivity index is 1.55. The van der Waals surface area contributed by atoms with Crippen molar-refractivity contribution in [3.63, 3.8) is 0 Å². The quantitative estimate of drug-likeness (QED) is 0.870. The highest BCUT2D eigenvalue weighted by Crippen LogP contribution is 2.20. The zero-order valence-electron chi connectivity index (χ0n) is 13.4. The molecule has 116 valence electrons. The van der Waals surface area contributed by atoms with Crippen molar-refractivity contribution in [3.8, 4) is 0 Å². The Labute approximate surface area is 128 Å². The van der Waals surface area contributed by atoms with E-state index in [1.807, 2.05) is 0 Å². The van der Waals surface area contributed by atoms with E-state index in [0.29, 0.717) is 6.04 Å². The molecule has 0 bridgehead atoms. The summed E-state index contributed by atoms with van der Waals surface area (Å²) < 4.78 is 0. The molecule has 1 atom stereocenters. The molecule has 0 spiro atoms. The maximum atomic E-state index is 4.83. The molecule has 4 heteroatoms. The van der Waals surface area contributed by atoms with Crippen molar-refractivity contribution in [2.75, 3.05) is 31.1 Å². The Kier molecular flexibility index (Phi) is 4.76. The van der Waals surface area contributed by atoms with Gasteiger partial charge in [-0.2, -0.15) is 0 Å². The molecule has 1 unspecified atom stereocenters. The van der Waals surface area contributed by atoms with Gasteiger partial charge in [-0.15, -0.1) is 0 Å². The number of nitrogens with one attached hydrogen (secondary N) is 1. The fourth-order valence-corrected chi connectivity index (χ4v) is 2.93. The molecule has 3 rings (SSSR count). The molecule has 1 saturated carbocycles. The molecule has 1 aromatic heterocycles. The molecule has 2 fully saturated rings. The first-order chi connectivity index (χ1) is 10.3. The summed E-state index contributed by atoms with van der Waals surface area (Å²) in [5.74, 6) is 1.15. The number of nitrogens with zero attached hydrogens (tertiary/aromatic N) is 3. The second-order valence-corrected chi connectivity index (χ2v) is 6.42. The van der Waals surface area contributed by atoms with Gasteiger partial charge in [0.1, 0.15) is 5.82 Å². The minimum absolute atomic E-state index is 0.703. The molecule has 2 heterocycles. The summed E-state index contributed by atoms with van der Waals surface area (Å²) in [6.45, 7) is 10.0. The summed E-state index contributed by atoms with van der Waals surface area (Å²) in [6.07, 6.45) is 3.90. The van der Waals surface area contributed by atoms with E-state index >= 15 is 0 Å². The van der Waals surface area contributed by atoms with Crippen LogP contribution in [0.1, 0.15) is 38.8 Å². The van der Waals surface area contributed by atoms with Gasteiger partial charge in [-0.1, -0.05) is 13.0 Å². The number of hydrogen-bond donors (Lipinski definition) is 1. The van der Waals surface area contributed by atoms with E-state index in [-0.39, 0.29) is 0 Å². The summed E-state index contributed by atoms with van der Waals surface area (Å²) in [4.78, 5) is 9.85. The predicted octanol–water partition coefficient (Wildman–Crippen LogP) is 2.25. The van der Waals surface area contributed by atoms with Crippen molar-refractivity contribution in [1.82, 2.24) is 15.2 Å². The van der Waals surface area contributed by atoms with Crippen LogP contribution in [0.5, 0.6) is 0 Å². The molecule has 0 amide bonds. The number of hydrogen-bond acceptors (Lipinski definition) is 4. The molecule has 21 heavy (non-hydrogen) atoms. The van der Waals surface area contributed by atoms with Gasteiger partial charge in [-0.05, 0) is 38.3 Å². The van der Waals surface area contributed by atoms with Gasteiger partial charge >= 0.3 is 0 Å². The Morgan fingerprint density at radius 1 is 1.24 bits per heavy atom. The topological polar surface area (TPSA) is 31.4 Å². The minimum Gasteiger partial charge on any atom is -0.354 e. The van der Waals surface area contributed by atoms with Gasteiger partial charge in [-0.25, -0.2) is 4.98 Å². The van der Waals surface area contributed by atoms with E-state index in [1.54, 1.807) is 0 Å². The Morgan fingerprint density at radius 2 is 2.00 bits per heavy atom. The van der Waals surface area contributed by atoms with E-state index in [0.717, 1.165) is 44.6 Å². The highest BCUT2D eigenvalue weighted by molar-refractivity contribution is 5.40. The number of rotatable bonds is 6. The number of pyridine rings is 1. The first-order valence-corrected chi connectivity index (χ1v) is 8.44. The number of anilines is 1. The van der Waals surface area contributed by atoms with Crippen molar-refractivity contribution < 1.29 is 0 Å². The first kappa shape index (κ1) is 14.8. The molecule has 0 radical (unpaired) electrons. The van der Waals surface area contributed by atoms with Crippen LogP contribution in [-0.2, 0) is 6.54 Å².